The minimum atomic E-state index is -0.167. The summed E-state index contributed by atoms with van der Waals surface area (Å²) < 4.78 is 1.55. The summed E-state index contributed by atoms with van der Waals surface area (Å²) in [7, 11) is 0. The number of rotatable bonds is 4. The van der Waals surface area contributed by atoms with E-state index in [0.29, 0.717) is 18.5 Å². The summed E-state index contributed by atoms with van der Waals surface area (Å²) in [6, 6.07) is 7.40. The third-order valence-electron chi connectivity index (χ3n) is 2.74. The highest BCUT2D eigenvalue weighted by atomic mass is 16.2. The van der Waals surface area contributed by atoms with Crippen molar-refractivity contribution in [3.63, 3.8) is 0 Å². The average molecular weight is 242 g/mol. The zero-order valence-corrected chi connectivity index (χ0v) is 9.97. The van der Waals surface area contributed by atoms with E-state index < -0.39 is 0 Å². The Morgan fingerprint density at radius 1 is 1.39 bits per heavy atom. The second-order valence-corrected chi connectivity index (χ2v) is 3.97. The van der Waals surface area contributed by atoms with Gasteiger partial charge >= 0.3 is 0 Å². The van der Waals surface area contributed by atoms with Gasteiger partial charge in [0.05, 0.1) is 17.6 Å². The smallest absolute Gasteiger partial charge is 0.273 e. The highest BCUT2D eigenvalue weighted by Crippen LogP contribution is 2.10. The lowest BCUT2D eigenvalue weighted by Crippen LogP contribution is -2.25. The first-order valence-electron chi connectivity index (χ1n) is 5.80. The molecule has 0 aliphatic carbocycles. The Hall–Kier alpha value is -2.12. The summed E-state index contributed by atoms with van der Waals surface area (Å²) in [4.78, 5) is 16.5. The molecule has 1 aromatic heterocycles. The Morgan fingerprint density at radius 2 is 2.17 bits per heavy atom. The van der Waals surface area contributed by atoms with Crippen molar-refractivity contribution in [3.8, 4) is 12.3 Å². The lowest BCUT2D eigenvalue weighted by Gasteiger charge is -2.09. The quantitative estimate of drug-likeness (QED) is 0.812. The van der Waals surface area contributed by atoms with Crippen LogP contribution in [0.2, 0.25) is 0 Å². The molecular formula is C14H14N2O2. The molecule has 2 aromatic rings. The molecule has 92 valence electrons. The molecule has 0 unspecified atom stereocenters. The van der Waals surface area contributed by atoms with Gasteiger partial charge in [0, 0.05) is 6.61 Å². The van der Waals surface area contributed by atoms with Gasteiger partial charge in [0.2, 0.25) is 0 Å². The van der Waals surface area contributed by atoms with Crippen LogP contribution in [0, 0.1) is 12.3 Å². The molecule has 0 saturated carbocycles. The number of aliphatic hydroxyl groups is 1. The molecule has 0 bridgehead atoms. The number of terminal acetylenes is 1. The lowest BCUT2D eigenvalue weighted by atomic mass is 10.2. The summed E-state index contributed by atoms with van der Waals surface area (Å²) in [5, 5.41) is 8.84. The number of aromatic nitrogens is 2. The molecule has 0 spiro atoms. The minimum Gasteiger partial charge on any atom is -0.396 e. The van der Waals surface area contributed by atoms with Crippen LogP contribution in [0.3, 0.4) is 0 Å². The van der Waals surface area contributed by atoms with Crippen molar-refractivity contribution in [1.82, 2.24) is 9.55 Å². The molecule has 0 aliphatic heterocycles. The van der Waals surface area contributed by atoms with Crippen LogP contribution in [0.1, 0.15) is 12.1 Å². The van der Waals surface area contributed by atoms with E-state index in [9.17, 15) is 4.79 Å². The first-order valence-corrected chi connectivity index (χ1v) is 5.80. The van der Waals surface area contributed by atoms with Crippen LogP contribution in [-0.4, -0.2) is 21.3 Å². The van der Waals surface area contributed by atoms with E-state index >= 15 is 0 Å². The SMILES string of the molecule is C#CCn1c(=O)c(CCCO)nc2ccccc21. The van der Waals surface area contributed by atoms with Gasteiger partial charge in [-0.1, -0.05) is 18.1 Å². The number of nitrogens with zero attached hydrogens (tertiary/aromatic N) is 2. The van der Waals surface area contributed by atoms with Crippen molar-refractivity contribution in [1.29, 1.82) is 0 Å². The highest BCUT2D eigenvalue weighted by molar-refractivity contribution is 5.74. The third-order valence-corrected chi connectivity index (χ3v) is 2.74. The van der Waals surface area contributed by atoms with E-state index in [4.69, 9.17) is 11.5 Å². The van der Waals surface area contributed by atoms with Crippen molar-refractivity contribution >= 4 is 11.0 Å². The van der Waals surface area contributed by atoms with Crippen LogP contribution in [0.25, 0.3) is 11.0 Å². The van der Waals surface area contributed by atoms with E-state index in [1.165, 1.54) is 0 Å². The summed E-state index contributed by atoms with van der Waals surface area (Å²) in [6.45, 7) is 0.275. The Balaban J connectivity index is 2.64. The fourth-order valence-electron chi connectivity index (χ4n) is 1.90. The van der Waals surface area contributed by atoms with Gasteiger partial charge in [-0.25, -0.2) is 4.98 Å². The second kappa shape index (κ2) is 5.48. The molecule has 18 heavy (non-hydrogen) atoms. The number of aryl methyl sites for hydroxylation is 1. The monoisotopic (exact) mass is 242 g/mol. The Morgan fingerprint density at radius 3 is 2.89 bits per heavy atom. The Kier molecular flexibility index (Phi) is 3.75. The maximum Gasteiger partial charge on any atom is 0.273 e. The van der Waals surface area contributed by atoms with Crippen molar-refractivity contribution in [2.24, 2.45) is 0 Å². The first kappa shape index (κ1) is 12.3. The molecular weight excluding hydrogens is 228 g/mol. The van der Waals surface area contributed by atoms with Gasteiger partial charge in [0.1, 0.15) is 5.69 Å². The molecule has 1 heterocycles. The van der Waals surface area contributed by atoms with Crippen molar-refractivity contribution < 1.29 is 5.11 Å². The van der Waals surface area contributed by atoms with Crippen LogP contribution >= 0.6 is 0 Å². The van der Waals surface area contributed by atoms with Crippen LogP contribution in [-0.2, 0) is 13.0 Å². The lowest BCUT2D eigenvalue weighted by molar-refractivity contribution is 0.288. The molecule has 0 aliphatic rings. The maximum atomic E-state index is 12.2. The molecule has 0 atom stereocenters. The topological polar surface area (TPSA) is 55.1 Å². The number of aliphatic hydroxyl groups excluding tert-OH is 1. The Bertz CT molecular complexity index is 653. The zero-order chi connectivity index (χ0) is 13.0. The predicted octanol–water partition coefficient (Wildman–Crippen LogP) is 0.955. The number of para-hydroxylation sites is 2. The molecule has 0 saturated heterocycles. The largest absolute Gasteiger partial charge is 0.396 e. The predicted molar refractivity (Wildman–Crippen MR) is 70.2 cm³/mol. The van der Waals surface area contributed by atoms with Crippen LogP contribution < -0.4 is 5.56 Å². The number of benzene rings is 1. The van der Waals surface area contributed by atoms with E-state index in [1.807, 2.05) is 24.3 Å². The minimum absolute atomic E-state index is 0.0447. The fraction of sp³-hybridized carbons (Fsp3) is 0.286. The van der Waals surface area contributed by atoms with Gasteiger partial charge in [0.25, 0.3) is 5.56 Å². The zero-order valence-electron chi connectivity index (χ0n) is 9.97. The molecule has 1 N–H and O–H groups in total. The third kappa shape index (κ3) is 2.27. The maximum absolute atomic E-state index is 12.2. The fourth-order valence-corrected chi connectivity index (χ4v) is 1.90. The number of fused-ring (bicyclic) bond motifs is 1. The molecule has 2 rings (SSSR count). The Labute approximate surface area is 105 Å². The van der Waals surface area contributed by atoms with Gasteiger partial charge in [0.15, 0.2) is 0 Å². The molecule has 0 amide bonds. The van der Waals surface area contributed by atoms with Crippen LogP contribution in [0.4, 0.5) is 0 Å². The summed E-state index contributed by atoms with van der Waals surface area (Å²) in [6.07, 6.45) is 6.29. The van der Waals surface area contributed by atoms with Crippen LogP contribution in [0.15, 0.2) is 29.1 Å². The van der Waals surface area contributed by atoms with Gasteiger partial charge in [-0.05, 0) is 25.0 Å². The van der Waals surface area contributed by atoms with E-state index in [-0.39, 0.29) is 18.7 Å². The van der Waals surface area contributed by atoms with E-state index in [0.717, 1.165) is 11.0 Å². The van der Waals surface area contributed by atoms with Gasteiger partial charge in [-0.2, -0.15) is 0 Å². The number of hydrogen-bond acceptors (Lipinski definition) is 3. The number of hydrogen-bond donors (Lipinski definition) is 1. The second-order valence-electron chi connectivity index (χ2n) is 3.97. The summed E-state index contributed by atoms with van der Waals surface area (Å²) in [5.41, 5.74) is 1.78. The summed E-state index contributed by atoms with van der Waals surface area (Å²) >= 11 is 0. The molecule has 1 aromatic carbocycles. The van der Waals surface area contributed by atoms with E-state index in [1.54, 1.807) is 4.57 Å². The van der Waals surface area contributed by atoms with Gasteiger partial charge in [-0.3, -0.25) is 9.36 Å². The summed E-state index contributed by atoms with van der Waals surface area (Å²) in [5.74, 6) is 2.49. The standard InChI is InChI=1S/C14H14N2O2/c1-2-9-16-13-8-4-3-6-11(13)15-12(14(16)18)7-5-10-17/h1,3-4,6,8,17H,5,7,9-10H2. The van der Waals surface area contributed by atoms with Crippen LogP contribution in [0.5, 0.6) is 0 Å². The van der Waals surface area contributed by atoms with E-state index in [2.05, 4.69) is 10.9 Å². The average Bonchev–Trinajstić information content (AvgIpc) is 2.40. The van der Waals surface area contributed by atoms with Gasteiger partial charge in [-0.15, -0.1) is 6.42 Å². The molecule has 4 nitrogen and oxygen atoms in total. The first-order chi connectivity index (χ1) is 8.77. The van der Waals surface area contributed by atoms with Crippen molar-refractivity contribution in [3.05, 3.63) is 40.3 Å². The molecule has 0 fully saturated rings. The highest BCUT2D eigenvalue weighted by Gasteiger charge is 2.09. The van der Waals surface area contributed by atoms with Gasteiger partial charge < -0.3 is 5.11 Å². The van der Waals surface area contributed by atoms with Crippen molar-refractivity contribution in [2.45, 2.75) is 19.4 Å². The van der Waals surface area contributed by atoms with Crippen molar-refractivity contribution in [2.75, 3.05) is 6.61 Å². The molecule has 0 radical (unpaired) electrons. The normalized spacial score (nSPS) is 10.4. The molecule has 4 heteroatoms.